The molecule has 1 amide bonds. The van der Waals surface area contributed by atoms with Crippen LogP contribution in [0.15, 0.2) is 48.5 Å². The van der Waals surface area contributed by atoms with Crippen LogP contribution in [-0.2, 0) is 0 Å². The summed E-state index contributed by atoms with van der Waals surface area (Å²) in [5.74, 6) is 0.0979. The van der Waals surface area contributed by atoms with Gasteiger partial charge in [0.25, 0.3) is 5.91 Å². The largest absolute Gasteiger partial charge is 0.378 e. The molecule has 0 atom stereocenters. The van der Waals surface area contributed by atoms with Crippen molar-refractivity contribution in [1.82, 2.24) is 19.7 Å². The first-order valence-electron chi connectivity index (χ1n) is 11.7. The van der Waals surface area contributed by atoms with Crippen molar-refractivity contribution in [2.75, 3.05) is 50.1 Å². The van der Waals surface area contributed by atoms with Gasteiger partial charge in [-0.05, 0) is 56.2 Å². The van der Waals surface area contributed by atoms with Gasteiger partial charge in [0.15, 0.2) is 10.8 Å². The Morgan fingerprint density at radius 2 is 1.82 bits per heavy atom. The van der Waals surface area contributed by atoms with E-state index in [2.05, 4.69) is 36.1 Å². The molecule has 0 aliphatic carbocycles. The summed E-state index contributed by atoms with van der Waals surface area (Å²) >= 11 is 1.69. The third-order valence-electron chi connectivity index (χ3n) is 6.29. The van der Waals surface area contributed by atoms with Crippen molar-refractivity contribution in [1.29, 1.82) is 0 Å². The summed E-state index contributed by atoms with van der Waals surface area (Å²) in [7, 11) is 3.98. The van der Waals surface area contributed by atoms with Crippen LogP contribution in [-0.4, -0.2) is 65.8 Å². The molecule has 0 spiro atoms. The number of rotatable bonds is 4. The maximum Gasteiger partial charge on any atom is 0.253 e. The van der Waals surface area contributed by atoms with Crippen molar-refractivity contribution >= 4 is 38.4 Å². The number of nitrogens with zero attached hydrogens (tertiary/aromatic N) is 6. The molecule has 7 nitrogen and oxygen atoms in total. The van der Waals surface area contributed by atoms with Gasteiger partial charge < -0.3 is 14.7 Å². The molecule has 1 fully saturated rings. The van der Waals surface area contributed by atoms with Crippen molar-refractivity contribution in [3.8, 4) is 5.69 Å². The van der Waals surface area contributed by atoms with Crippen LogP contribution in [0.25, 0.3) is 16.0 Å². The second kappa shape index (κ2) is 9.10. The van der Waals surface area contributed by atoms with Crippen molar-refractivity contribution < 1.29 is 4.79 Å². The number of fused-ring (bicyclic) bond motifs is 1. The second-order valence-electron chi connectivity index (χ2n) is 9.06. The highest BCUT2D eigenvalue weighted by Crippen LogP contribution is 2.33. The van der Waals surface area contributed by atoms with Crippen LogP contribution in [0.2, 0.25) is 0 Å². The molecule has 5 rings (SSSR count). The van der Waals surface area contributed by atoms with E-state index in [0.717, 1.165) is 64.2 Å². The number of thiazole rings is 1. The average Bonchev–Trinajstić information content (AvgIpc) is 3.29. The summed E-state index contributed by atoms with van der Waals surface area (Å²) in [5.41, 5.74) is 5.90. The lowest BCUT2D eigenvalue weighted by molar-refractivity contribution is 0.0767. The maximum atomic E-state index is 13.2. The fraction of sp³-hybridized carbons (Fsp3) is 0.346. The molecular formula is C26H30N6OS. The van der Waals surface area contributed by atoms with Gasteiger partial charge in [0, 0.05) is 51.5 Å². The molecule has 0 bridgehead atoms. The molecule has 1 aliphatic heterocycles. The van der Waals surface area contributed by atoms with E-state index in [0.29, 0.717) is 6.54 Å². The highest BCUT2D eigenvalue weighted by atomic mass is 32.1. The summed E-state index contributed by atoms with van der Waals surface area (Å²) in [4.78, 5) is 24.5. The van der Waals surface area contributed by atoms with Crippen LogP contribution < -0.4 is 9.80 Å². The minimum Gasteiger partial charge on any atom is -0.378 e. The molecule has 0 radical (unpaired) electrons. The molecule has 8 heteroatoms. The van der Waals surface area contributed by atoms with E-state index in [9.17, 15) is 4.79 Å². The molecule has 0 saturated carbocycles. The first kappa shape index (κ1) is 22.4. The zero-order valence-corrected chi connectivity index (χ0v) is 21.0. The number of anilines is 2. The predicted molar refractivity (Wildman–Crippen MR) is 140 cm³/mol. The van der Waals surface area contributed by atoms with Gasteiger partial charge in [-0.3, -0.25) is 4.79 Å². The van der Waals surface area contributed by atoms with Crippen molar-refractivity contribution in [3.05, 3.63) is 65.4 Å². The molecule has 1 aliphatic rings. The molecule has 0 unspecified atom stereocenters. The van der Waals surface area contributed by atoms with E-state index in [-0.39, 0.29) is 5.91 Å². The predicted octanol–water partition coefficient (Wildman–Crippen LogP) is 4.52. The lowest BCUT2D eigenvalue weighted by Gasteiger charge is -2.22. The van der Waals surface area contributed by atoms with Crippen LogP contribution in [0, 0.1) is 13.8 Å². The molecule has 0 N–H and O–H groups in total. The normalized spacial score (nSPS) is 14.5. The van der Waals surface area contributed by atoms with Crippen LogP contribution in [0.4, 0.5) is 10.8 Å². The molecule has 176 valence electrons. The Labute approximate surface area is 204 Å². The van der Waals surface area contributed by atoms with Crippen LogP contribution in [0.3, 0.4) is 0 Å². The number of hydrogen-bond acceptors (Lipinski definition) is 6. The number of carbonyl (C=O) groups is 1. The van der Waals surface area contributed by atoms with Crippen molar-refractivity contribution in [2.45, 2.75) is 20.3 Å². The minimum absolute atomic E-state index is 0.0979. The van der Waals surface area contributed by atoms with Gasteiger partial charge in [-0.2, -0.15) is 10.1 Å². The number of carbonyl (C=O) groups excluding carboxylic acids is 1. The SMILES string of the molecule is Cc1cccc(-n2nc(C)c3sc(N4CCCN(C(=O)c5cccc(N(C)C)c5)CC4)nc32)c1. The first-order chi connectivity index (χ1) is 16.4. The van der Waals surface area contributed by atoms with Crippen LogP contribution >= 0.6 is 11.3 Å². The Balaban J connectivity index is 1.36. The van der Waals surface area contributed by atoms with Gasteiger partial charge in [-0.1, -0.05) is 29.5 Å². The van der Waals surface area contributed by atoms with E-state index in [1.54, 1.807) is 11.3 Å². The van der Waals surface area contributed by atoms with Gasteiger partial charge in [-0.15, -0.1) is 0 Å². The quantitative estimate of drug-likeness (QED) is 0.435. The molecule has 4 aromatic rings. The smallest absolute Gasteiger partial charge is 0.253 e. The lowest BCUT2D eigenvalue weighted by atomic mass is 10.1. The standard InChI is InChI=1S/C26H30N6OS/c1-18-8-5-11-22(16-18)32-24-23(19(2)28-32)34-26(27-24)31-13-7-12-30(14-15-31)25(33)20-9-6-10-21(17-20)29(3)4/h5-6,8-11,16-17H,7,12-15H2,1-4H3. The average molecular weight is 475 g/mol. The second-order valence-corrected chi connectivity index (χ2v) is 10.0. The number of amides is 1. The Morgan fingerprint density at radius 3 is 2.62 bits per heavy atom. The minimum atomic E-state index is 0.0979. The van der Waals surface area contributed by atoms with E-state index in [1.165, 1.54) is 5.56 Å². The van der Waals surface area contributed by atoms with Gasteiger partial charge >= 0.3 is 0 Å². The Morgan fingerprint density at radius 1 is 1.00 bits per heavy atom. The third kappa shape index (κ3) is 4.25. The highest BCUT2D eigenvalue weighted by molar-refractivity contribution is 7.22. The summed E-state index contributed by atoms with van der Waals surface area (Å²) in [6.07, 6.45) is 0.915. The van der Waals surface area contributed by atoms with E-state index < -0.39 is 0 Å². The molecule has 34 heavy (non-hydrogen) atoms. The fourth-order valence-electron chi connectivity index (χ4n) is 4.41. The van der Waals surface area contributed by atoms with E-state index in [4.69, 9.17) is 10.1 Å². The topological polar surface area (TPSA) is 57.5 Å². The van der Waals surface area contributed by atoms with Crippen LogP contribution in [0.5, 0.6) is 0 Å². The Bertz CT molecular complexity index is 1340. The molecule has 2 aromatic heterocycles. The van der Waals surface area contributed by atoms with E-state index >= 15 is 0 Å². The number of aromatic nitrogens is 3. The Kier molecular flexibility index (Phi) is 6.00. The van der Waals surface area contributed by atoms with Crippen LogP contribution in [0.1, 0.15) is 28.0 Å². The number of hydrogen-bond donors (Lipinski definition) is 0. The summed E-state index contributed by atoms with van der Waals surface area (Å²) in [5, 5.41) is 5.74. The maximum absolute atomic E-state index is 13.2. The Hall–Kier alpha value is -3.39. The third-order valence-corrected chi connectivity index (χ3v) is 7.50. The molecule has 2 aromatic carbocycles. The molecular weight excluding hydrogens is 444 g/mol. The van der Waals surface area contributed by atoms with Gasteiger partial charge in [0.1, 0.15) is 0 Å². The van der Waals surface area contributed by atoms with Gasteiger partial charge in [0.2, 0.25) is 0 Å². The first-order valence-corrected chi connectivity index (χ1v) is 12.5. The monoisotopic (exact) mass is 474 g/mol. The highest BCUT2D eigenvalue weighted by Gasteiger charge is 2.24. The number of aryl methyl sites for hydroxylation is 2. The summed E-state index contributed by atoms with van der Waals surface area (Å²) < 4.78 is 3.07. The molecule has 3 heterocycles. The van der Waals surface area contributed by atoms with Crippen molar-refractivity contribution in [2.24, 2.45) is 0 Å². The number of benzene rings is 2. The summed E-state index contributed by atoms with van der Waals surface area (Å²) in [6.45, 7) is 7.22. The van der Waals surface area contributed by atoms with Gasteiger partial charge in [0.05, 0.1) is 16.1 Å². The zero-order valence-electron chi connectivity index (χ0n) is 20.2. The molecule has 1 saturated heterocycles. The summed E-state index contributed by atoms with van der Waals surface area (Å²) in [6, 6.07) is 16.2. The lowest BCUT2D eigenvalue weighted by Crippen LogP contribution is -2.35. The van der Waals surface area contributed by atoms with E-state index in [1.807, 2.05) is 59.8 Å². The fourth-order valence-corrected chi connectivity index (χ4v) is 5.45. The zero-order chi connectivity index (χ0) is 23.8. The van der Waals surface area contributed by atoms with Gasteiger partial charge in [-0.25, -0.2) is 4.68 Å². The van der Waals surface area contributed by atoms with Crippen molar-refractivity contribution in [3.63, 3.8) is 0 Å².